The first-order valence-corrected chi connectivity index (χ1v) is 10.5. The molecule has 32 heavy (non-hydrogen) atoms. The van der Waals surface area contributed by atoms with Crippen molar-refractivity contribution >= 4 is 23.1 Å². The number of benzene rings is 1. The van der Waals surface area contributed by atoms with E-state index in [2.05, 4.69) is 20.6 Å². The topological polar surface area (TPSA) is 80.5 Å². The lowest BCUT2D eigenvalue weighted by atomic mass is 9.99. The third-order valence-corrected chi connectivity index (χ3v) is 5.47. The smallest absolute Gasteiger partial charge is 0.254 e. The van der Waals surface area contributed by atoms with Crippen LogP contribution in [0.25, 0.3) is 16.9 Å². The number of carbonyl (C=O) groups is 1. The van der Waals surface area contributed by atoms with E-state index in [0.29, 0.717) is 29.3 Å². The molecular formula is C24H22FN5O2. The van der Waals surface area contributed by atoms with Crippen molar-refractivity contribution in [3.63, 3.8) is 0 Å². The molecule has 7 nitrogen and oxygen atoms in total. The van der Waals surface area contributed by atoms with Gasteiger partial charge in [0.1, 0.15) is 17.3 Å². The van der Waals surface area contributed by atoms with Crippen LogP contribution in [0, 0.1) is 5.82 Å². The Morgan fingerprint density at radius 1 is 1.09 bits per heavy atom. The summed E-state index contributed by atoms with van der Waals surface area (Å²) in [6.45, 7) is 2.43. The Kier molecular flexibility index (Phi) is 5.51. The summed E-state index contributed by atoms with van der Waals surface area (Å²) in [4.78, 5) is 21.0. The second kappa shape index (κ2) is 8.76. The number of hydrogen-bond acceptors (Lipinski definition) is 5. The number of anilines is 2. The summed E-state index contributed by atoms with van der Waals surface area (Å²) in [5, 5.41) is 6.09. The monoisotopic (exact) mass is 431 g/mol. The lowest BCUT2D eigenvalue weighted by molar-refractivity contribution is 0.0966. The highest BCUT2D eigenvalue weighted by atomic mass is 19.1. The lowest BCUT2D eigenvalue weighted by Crippen LogP contribution is -2.13. The van der Waals surface area contributed by atoms with Gasteiger partial charge in [-0.1, -0.05) is 12.1 Å². The van der Waals surface area contributed by atoms with Crippen LogP contribution in [0.15, 0.2) is 61.1 Å². The van der Waals surface area contributed by atoms with Crippen molar-refractivity contribution in [3.8, 4) is 11.3 Å². The van der Waals surface area contributed by atoms with Gasteiger partial charge < -0.3 is 15.4 Å². The van der Waals surface area contributed by atoms with Gasteiger partial charge in [-0.05, 0) is 42.7 Å². The Morgan fingerprint density at radius 2 is 1.97 bits per heavy atom. The molecule has 5 heterocycles. The van der Waals surface area contributed by atoms with Crippen LogP contribution >= 0.6 is 0 Å². The molecule has 6 rings (SSSR count). The summed E-state index contributed by atoms with van der Waals surface area (Å²) in [5.74, 6) is 0.194. The molecule has 1 saturated heterocycles. The third kappa shape index (κ3) is 3.92. The predicted octanol–water partition coefficient (Wildman–Crippen LogP) is 4.32. The van der Waals surface area contributed by atoms with Crippen molar-refractivity contribution in [3.05, 3.63) is 78.0 Å². The molecule has 0 radical (unpaired) electrons. The van der Waals surface area contributed by atoms with E-state index in [9.17, 15) is 9.18 Å². The quantitative estimate of drug-likeness (QED) is 0.505. The molecule has 1 fully saturated rings. The van der Waals surface area contributed by atoms with Gasteiger partial charge in [0.2, 0.25) is 0 Å². The maximum Gasteiger partial charge on any atom is 0.254 e. The molecule has 0 unspecified atom stereocenters. The molecule has 2 aliphatic heterocycles. The van der Waals surface area contributed by atoms with E-state index in [1.165, 1.54) is 25.0 Å². The van der Waals surface area contributed by atoms with E-state index in [1.807, 2.05) is 34.7 Å². The van der Waals surface area contributed by atoms with Gasteiger partial charge in [-0.25, -0.2) is 14.4 Å². The van der Waals surface area contributed by atoms with Gasteiger partial charge >= 0.3 is 0 Å². The van der Waals surface area contributed by atoms with Crippen LogP contribution in [0.2, 0.25) is 0 Å². The van der Waals surface area contributed by atoms with Crippen LogP contribution in [0.1, 0.15) is 28.8 Å². The zero-order chi connectivity index (χ0) is 21.9. The number of aromatic nitrogens is 3. The normalized spacial score (nSPS) is 14.6. The average molecular weight is 431 g/mol. The second-order valence-corrected chi connectivity index (χ2v) is 7.57. The number of carbonyl (C=O) groups excluding carboxylic acids is 1. The van der Waals surface area contributed by atoms with Gasteiger partial charge in [0.15, 0.2) is 0 Å². The third-order valence-electron chi connectivity index (χ3n) is 5.47. The van der Waals surface area contributed by atoms with Crippen LogP contribution in [0.3, 0.4) is 0 Å². The summed E-state index contributed by atoms with van der Waals surface area (Å²) in [6.07, 6.45) is 7.58. The minimum atomic E-state index is -0.336. The number of nitrogens with one attached hydrogen (secondary N) is 2. The molecule has 0 spiro atoms. The van der Waals surface area contributed by atoms with E-state index >= 15 is 0 Å². The highest BCUT2D eigenvalue weighted by Gasteiger charge is 2.27. The van der Waals surface area contributed by atoms with Crippen LogP contribution < -0.4 is 10.6 Å². The molecule has 0 atom stereocenters. The number of pyridine rings is 2. The molecule has 8 heteroatoms. The van der Waals surface area contributed by atoms with Crippen molar-refractivity contribution in [2.24, 2.45) is 0 Å². The first-order chi connectivity index (χ1) is 15.7. The van der Waals surface area contributed by atoms with Crippen molar-refractivity contribution in [2.75, 3.05) is 18.5 Å². The average Bonchev–Trinajstić information content (AvgIpc) is 3.57. The number of imidazole rings is 1. The maximum atomic E-state index is 13.5. The van der Waals surface area contributed by atoms with Gasteiger partial charge in [0, 0.05) is 43.8 Å². The van der Waals surface area contributed by atoms with E-state index < -0.39 is 0 Å². The van der Waals surface area contributed by atoms with Crippen molar-refractivity contribution in [2.45, 2.75) is 19.4 Å². The summed E-state index contributed by atoms with van der Waals surface area (Å²) in [5.41, 5.74) is 4.38. The number of hydrogen-bond donors (Lipinski definition) is 2. The highest BCUT2D eigenvalue weighted by molar-refractivity contribution is 6.06. The van der Waals surface area contributed by atoms with Gasteiger partial charge in [-0.2, -0.15) is 0 Å². The number of halogens is 1. The first kappa shape index (κ1) is 20.1. The van der Waals surface area contributed by atoms with Crippen LogP contribution in [-0.4, -0.2) is 33.5 Å². The number of fused-ring (bicyclic) bond motifs is 2. The summed E-state index contributed by atoms with van der Waals surface area (Å²) in [7, 11) is 0. The van der Waals surface area contributed by atoms with E-state index in [4.69, 9.17) is 4.74 Å². The minimum Gasteiger partial charge on any atom is -0.381 e. The molecule has 1 aromatic carbocycles. The zero-order valence-electron chi connectivity index (χ0n) is 17.3. The molecule has 2 aliphatic rings. The van der Waals surface area contributed by atoms with Gasteiger partial charge in [0.05, 0.1) is 23.1 Å². The number of nitrogens with zero attached hydrogens (tertiary/aromatic N) is 3. The SMILES string of the molecule is C1CCOC1.O=C1NCc2c(-c3cnc4cc(F)ccn34)ccc(Nc3ccccn3)c21. The fraction of sp³-hybridized carbons (Fsp3) is 0.208. The number of rotatable bonds is 3. The number of ether oxygens (including phenoxy) is 1. The van der Waals surface area contributed by atoms with Gasteiger partial charge in [0.25, 0.3) is 5.91 Å². The molecule has 1 amide bonds. The molecule has 2 N–H and O–H groups in total. The maximum absolute atomic E-state index is 13.5. The summed E-state index contributed by atoms with van der Waals surface area (Å²) < 4.78 is 20.2. The fourth-order valence-corrected chi connectivity index (χ4v) is 3.93. The van der Waals surface area contributed by atoms with Crippen LogP contribution in [0.4, 0.5) is 15.9 Å². The molecule has 0 aliphatic carbocycles. The van der Waals surface area contributed by atoms with Crippen molar-refractivity contribution < 1.29 is 13.9 Å². The van der Waals surface area contributed by atoms with Gasteiger partial charge in [-0.15, -0.1) is 0 Å². The van der Waals surface area contributed by atoms with E-state index in [1.54, 1.807) is 18.6 Å². The Labute approximate surface area is 184 Å². The molecular weight excluding hydrogens is 409 g/mol. The highest BCUT2D eigenvalue weighted by Crippen LogP contribution is 2.35. The first-order valence-electron chi connectivity index (χ1n) is 10.5. The van der Waals surface area contributed by atoms with Crippen molar-refractivity contribution in [1.29, 1.82) is 0 Å². The number of amides is 1. The van der Waals surface area contributed by atoms with E-state index in [-0.39, 0.29) is 11.7 Å². The standard InChI is InChI=1S/C20H14FN5O.C4H8O/c21-12-6-8-26-16(11-23-18(26)9-12)13-4-5-15(19-14(13)10-24-20(19)27)25-17-3-1-2-7-22-17;1-2-4-5-3-1/h1-9,11H,10H2,(H,22,25)(H,24,27);1-4H2. The zero-order valence-corrected chi connectivity index (χ0v) is 17.3. The Morgan fingerprint density at radius 3 is 2.72 bits per heavy atom. The van der Waals surface area contributed by atoms with Crippen LogP contribution in [0.5, 0.6) is 0 Å². The second-order valence-electron chi connectivity index (χ2n) is 7.57. The van der Waals surface area contributed by atoms with E-state index in [0.717, 1.165) is 30.0 Å². The molecule has 162 valence electrons. The largest absolute Gasteiger partial charge is 0.381 e. The molecule has 0 bridgehead atoms. The molecule has 4 aromatic rings. The Bertz CT molecular complexity index is 1260. The Hall–Kier alpha value is -3.78. The molecule has 3 aromatic heterocycles. The van der Waals surface area contributed by atoms with Crippen molar-refractivity contribution in [1.82, 2.24) is 19.7 Å². The lowest BCUT2D eigenvalue weighted by Gasteiger charge is -2.13. The fourth-order valence-electron chi connectivity index (χ4n) is 3.93. The minimum absolute atomic E-state index is 0.134. The predicted molar refractivity (Wildman–Crippen MR) is 119 cm³/mol. The van der Waals surface area contributed by atoms with Gasteiger partial charge in [-0.3, -0.25) is 9.20 Å². The summed E-state index contributed by atoms with van der Waals surface area (Å²) in [6, 6.07) is 12.1. The Balaban J connectivity index is 0.000000383. The molecule has 0 saturated carbocycles. The van der Waals surface area contributed by atoms with Crippen LogP contribution in [-0.2, 0) is 11.3 Å². The summed E-state index contributed by atoms with van der Waals surface area (Å²) >= 11 is 0.